The number of carboxylic acids is 1. The quantitative estimate of drug-likeness (QED) is 0.852. The zero-order valence-corrected chi connectivity index (χ0v) is 11.4. The van der Waals surface area contributed by atoms with E-state index in [-0.39, 0.29) is 5.92 Å². The molecule has 1 rings (SSSR count). The lowest BCUT2D eigenvalue weighted by Crippen LogP contribution is -2.20. The van der Waals surface area contributed by atoms with Gasteiger partial charge in [0.05, 0.1) is 16.0 Å². The van der Waals surface area contributed by atoms with E-state index in [1.165, 1.54) is 0 Å². The van der Waals surface area contributed by atoms with E-state index in [1.807, 2.05) is 13.8 Å². The summed E-state index contributed by atoms with van der Waals surface area (Å²) in [7, 11) is 0. The Morgan fingerprint density at radius 3 is 2.24 bits per heavy atom. The van der Waals surface area contributed by atoms with Crippen molar-refractivity contribution in [3.05, 3.63) is 33.8 Å². The van der Waals surface area contributed by atoms with Crippen LogP contribution in [0.1, 0.15) is 38.2 Å². The van der Waals surface area contributed by atoms with Gasteiger partial charge in [0.1, 0.15) is 0 Å². The van der Waals surface area contributed by atoms with E-state index in [9.17, 15) is 9.90 Å². The molecule has 0 aliphatic carbocycles. The molecule has 0 spiro atoms. The lowest BCUT2D eigenvalue weighted by Gasteiger charge is -2.22. The third-order valence-electron chi connectivity index (χ3n) is 3.09. The van der Waals surface area contributed by atoms with Crippen molar-refractivity contribution in [3.8, 4) is 0 Å². The Kier molecular flexibility index (Phi) is 5.29. The third kappa shape index (κ3) is 3.36. The summed E-state index contributed by atoms with van der Waals surface area (Å²) < 4.78 is 0. The maximum Gasteiger partial charge on any atom is 0.311 e. The van der Waals surface area contributed by atoms with Gasteiger partial charge in [-0.1, -0.05) is 56.0 Å². The molecule has 1 unspecified atom stereocenters. The van der Waals surface area contributed by atoms with Crippen molar-refractivity contribution in [3.63, 3.8) is 0 Å². The van der Waals surface area contributed by atoms with Crippen molar-refractivity contribution in [2.75, 3.05) is 0 Å². The number of hydrogen-bond donors (Lipinski definition) is 1. The summed E-state index contributed by atoms with van der Waals surface area (Å²) in [5, 5.41) is 10.2. The van der Waals surface area contributed by atoms with Crippen LogP contribution in [0.15, 0.2) is 18.2 Å². The number of carbonyl (C=O) groups is 1. The predicted octanol–water partition coefficient (Wildman–Crippen LogP) is 4.60. The maximum absolute atomic E-state index is 11.4. The minimum atomic E-state index is -0.808. The molecule has 0 amide bonds. The van der Waals surface area contributed by atoms with Crippen LogP contribution in [0, 0.1) is 5.92 Å². The van der Waals surface area contributed by atoms with Gasteiger partial charge in [0, 0.05) is 0 Å². The summed E-state index contributed by atoms with van der Waals surface area (Å²) in [5.41, 5.74) is 0.723. The Bertz CT molecular complexity index is 400. The van der Waals surface area contributed by atoms with E-state index in [1.54, 1.807) is 18.2 Å². The predicted molar refractivity (Wildman–Crippen MR) is 70.9 cm³/mol. The van der Waals surface area contributed by atoms with E-state index < -0.39 is 11.9 Å². The van der Waals surface area contributed by atoms with Crippen LogP contribution in [0.25, 0.3) is 0 Å². The van der Waals surface area contributed by atoms with Gasteiger partial charge < -0.3 is 5.11 Å². The first-order chi connectivity index (χ1) is 8.01. The van der Waals surface area contributed by atoms with Crippen LogP contribution in [0.4, 0.5) is 0 Å². The van der Waals surface area contributed by atoms with Crippen LogP contribution in [-0.2, 0) is 4.79 Å². The van der Waals surface area contributed by atoms with Crippen molar-refractivity contribution in [1.29, 1.82) is 0 Å². The molecule has 0 fully saturated rings. The van der Waals surface area contributed by atoms with Crippen molar-refractivity contribution < 1.29 is 9.90 Å². The molecule has 0 heterocycles. The van der Waals surface area contributed by atoms with Gasteiger partial charge >= 0.3 is 5.97 Å². The van der Waals surface area contributed by atoms with Crippen molar-refractivity contribution in [2.45, 2.75) is 32.6 Å². The molecule has 0 aromatic heterocycles. The third-order valence-corrected chi connectivity index (χ3v) is 3.83. The molecule has 2 nitrogen and oxygen atoms in total. The fourth-order valence-corrected chi connectivity index (χ4v) is 2.39. The molecule has 1 aromatic rings. The number of rotatable bonds is 5. The molecule has 0 saturated carbocycles. The number of carboxylic acid groups (broad SMARTS) is 1. The summed E-state index contributed by atoms with van der Waals surface area (Å²) in [6.45, 7) is 4.00. The summed E-state index contributed by atoms with van der Waals surface area (Å²) in [6.07, 6.45) is 1.65. The van der Waals surface area contributed by atoms with Crippen molar-refractivity contribution in [1.82, 2.24) is 0 Å². The first-order valence-electron chi connectivity index (χ1n) is 5.69. The Morgan fingerprint density at radius 1 is 1.24 bits per heavy atom. The molecule has 0 saturated heterocycles. The van der Waals surface area contributed by atoms with E-state index >= 15 is 0 Å². The van der Waals surface area contributed by atoms with Crippen LogP contribution in [0.2, 0.25) is 10.0 Å². The highest BCUT2D eigenvalue weighted by Gasteiger charge is 2.27. The van der Waals surface area contributed by atoms with Crippen LogP contribution in [-0.4, -0.2) is 11.1 Å². The average molecular weight is 275 g/mol. The molecule has 4 heteroatoms. The number of benzene rings is 1. The Labute approximate surface area is 112 Å². The number of hydrogen-bond acceptors (Lipinski definition) is 1. The monoisotopic (exact) mass is 274 g/mol. The molecule has 17 heavy (non-hydrogen) atoms. The minimum Gasteiger partial charge on any atom is -0.481 e. The first-order valence-corrected chi connectivity index (χ1v) is 6.44. The number of aliphatic carboxylic acids is 1. The lowest BCUT2D eigenvalue weighted by atomic mass is 9.83. The molecule has 1 N–H and O–H groups in total. The average Bonchev–Trinajstić information content (AvgIpc) is 2.29. The molecule has 0 aliphatic rings. The van der Waals surface area contributed by atoms with Gasteiger partial charge in [-0.25, -0.2) is 0 Å². The van der Waals surface area contributed by atoms with E-state index in [0.717, 1.165) is 18.4 Å². The van der Waals surface area contributed by atoms with Crippen LogP contribution in [0.5, 0.6) is 0 Å². The van der Waals surface area contributed by atoms with Gasteiger partial charge in [-0.15, -0.1) is 0 Å². The van der Waals surface area contributed by atoms with Crippen LogP contribution in [0.3, 0.4) is 0 Å². The van der Waals surface area contributed by atoms with Gasteiger partial charge in [-0.3, -0.25) is 4.79 Å². The van der Waals surface area contributed by atoms with E-state index in [4.69, 9.17) is 23.2 Å². The summed E-state index contributed by atoms with van der Waals surface area (Å²) in [5.74, 6) is -1.21. The van der Waals surface area contributed by atoms with Gasteiger partial charge in [0.15, 0.2) is 0 Å². The highest BCUT2D eigenvalue weighted by atomic mass is 35.5. The van der Waals surface area contributed by atoms with E-state index in [0.29, 0.717) is 10.0 Å². The molecule has 1 aromatic carbocycles. The molecular formula is C13H16Cl2O2. The van der Waals surface area contributed by atoms with Crippen LogP contribution < -0.4 is 0 Å². The molecule has 0 bridgehead atoms. The normalized spacial score (nSPS) is 12.8. The van der Waals surface area contributed by atoms with Crippen molar-refractivity contribution in [2.24, 2.45) is 5.92 Å². The van der Waals surface area contributed by atoms with E-state index in [2.05, 4.69) is 0 Å². The highest BCUT2D eigenvalue weighted by molar-refractivity contribution is 6.42. The number of halogens is 2. The summed E-state index contributed by atoms with van der Waals surface area (Å²) in [4.78, 5) is 11.4. The molecule has 1 atom stereocenters. The summed E-state index contributed by atoms with van der Waals surface area (Å²) >= 11 is 11.8. The highest BCUT2D eigenvalue weighted by Crippen LogP contribution is 2.33. The molecular weight excluding hydrogens is 259 g/mol. The van der Waals surface area contributed by atoms with Crippen molar-refractivity contribution >= 4 is 29.2 Å². The SMILES string of the molecule is CCC(CC)C(C(=O)O)c1ccc(Cl)c(Cl)c1. The Morgan fingerprint density at radius 2 is 1.82 bits per heavy atom. The van der Waals surface area contributed by atoms with Gasteiger partial charge in [0.25, 0.3) is 0 Å². The van der Waals surface area contributed by atoms with Gasteiger partial charge in [-0.2, -0.15) is 0 Å². The second-order valence-corrected chi connectivity index (χ2v) is 4.88. The summed E-state index contributed by atoms with van der Waals surface area (Å²) in [6, 6.07) is 5.05. The second kappa shape index (κ2) is 6.27. The smallest absolute Gasteiger partial charge is 0.311 e. The molecule has 0 aliphatic heterocycles. The van der Waals surface area contributed by atoms with Crippen LogP contribution >= 0.6 is 23.2 Å². The Balaban J connectivity index is 3.13. The fourth-order valence-electron chi connectivity index (χ4n) is 2.08. The first kappa shape index (κ1) is 14.3. The molecule has 94 valence electrons. The second-order valence-electron chi connectivity index (χ2n) is 4.07. The topological polar surface area (TPSA) is 37.3 Å². The lowest BCUT2D eigenvalue weighted by molar-refractivity contribution is -0.140. The largest absolute Gasteiger partial charge is 0.481 e. The standard InChI is InChI=1S/C13H16Cl2O2/c1-3-8(4-2)12(13(16)17)9-5-6-10(14)11(15)7-9/h5-8,12H,3-4H2,1-2H3,(H,16,17). The molecule has 0 radical (unpaired) electrons. The van der Waals surface area contributed by atoms with Gasteiger partial charge in [-0.05, 0) is 23.6 Å². The zero-order chi connectivity index (χ0) is 13.0. The Hall–Kier alpha value is -0.730. The van der Waals surface area contributed by atoms with Gasteiger partial charge in [0.2, 0.25) is 0 Å². The fraction of sp³-hybridized carbons (Fsp3) is 0.462. The minimum absolute atomic E-state index is 0.116. The maximum atomic E-state index is 11.4. The zero-order valence-electron chi connectivity index (χ0n) is 9.91.